The standard InChI is InChI=1S/C29H33IO8/c1-32-19-37-24-7-3-21(4-8-24)27-18-36-28-17-25(38-20-33-2)11-12-26(28)29(27,31)22-5-9-23(10-6-22)35-16-15-34-14-13-30/h3-12,17,27,31H,13-16,18-20H2,1-2H3. The molecule has 2 atom stereocenters. The van der Waals surface area contributed by atoms with Crippen molar-refractivity contribution < 1.29 is 38.3 Å². The minimum Gasteiger partial charge on any atom is -0.492 e. The summed E-state index contributed by atoms with van der Waals surface area (Å²) in [5.41, 5.74) is 0.921. The molecule has 2 unspecified atom stereocenters. The summed E-state index contributed by atoms with van der Waals surface area (Å²) in [7, 11) is 3.14. The molecule has 38 heavy (non-hydrogen) atoms. The normalized spacial score (nSPS) is 18.4. The van der Waals surface area contributed by atoms with Gasteiger partial charge in [0.2, 0.25) is 0 Å². The van der Waals surface area contributed by atoms with E-state index >= 15 is 0 Å². The van der Waals surface area contributed by atoms with Gasteiger partial charge in [0, 0.05) is 30.3 Å². The van der Waals surface area contributed by atoms with E-state index in [9.17, 15) is 5.11 Å². The number of methoxy groups -OCH3 is 2. The first-order chi connectivity index (χ1) is 18.6. The summed E-state index contributed by atoms with van der Waals surface area (Å²) in [5, 5.41) is 12.5. The van der Waals surface area contributed by atoms with Crippen molar-refractivity contribution in [1.29, 1.82) is 0 Å². The van der Waals surface area contributed by atoms with Crippen LogP contribution in [0.15, 0.2) is 66.7 Å². The lowest BCUT2D eigenvalue weighted by Gasteiger charge is -2.42. The van der Waals surface area contributed by atoms with Crippen LogP contribution in [0.5, 0.6) is 23.0 Å². The number of alkyl halides is 1. The summed E-state index contributed by atoms with van der Waals surface area (Å²) < 4.78 is 39.6. The summed E-state index contributed by atoms with van der Waals surface area (Å²) in [5.74, 6) is 2.16. The third-order valence-corrected chi connectivity index (χ3v) is 6.70. The van der Waals surface area contributed by atoms with E-state index in [0.29, 0.717) is 48.4 Å². The van der Waals surface area contributed by atoms with Crippen LogP contribution < -0.4 is 18.9 Å². The number of hydrogen-bond donors (Lipinski definition) is 1. The van der Waals surface area contributed by atoms with Crippen molar-refractivity contribution in [2.24, 2.45) is 0 Å². The maximum absolute atomic E-state index is 12.5. The molecule has 3 aromatic carbocycles. The van der Waals surface area contributed by atoms with Crippen LogP contribution in [0.25, 0.3) is 0 Å². The first kappa shape index (κ1) is 28.4. The van der Waals surface area contributed by atoms with Crippen LogP contribution in [0.3, 0.4) is 0 Å². The van der Waals surface area contributed by atoms with Crippen molar-refractivity contribution in [3.8, 4) is 23.0 Å². The fourth-order valence-electron chi connectivity index (χ4n) is 4.43. The summed E-state index contributed by atoms with van der Waals surface area (Å²) >= 11 is 2.27. The fraction of sp³-hybridized carbons (Fsp3) is 0.379. The molecule has 1 N–H and O–H groups in total. The number of ether oxygens (including phenoxy) is 7. The molecule has 1 aliphatic heterocycles. The number of aliphatic hydroxyl groups is 1. The van der Waals surface area contributed by atoms with Crippen molar-refractivity contribution in [3.63, 3.8) is 0 Å². The minimum absolute atomic E-state index is 0.119. The van der Waals surface area contributed by atoms with Gasteiger partial charge in [-0.25, -0.2) is 0 Å². The average Bonchev–Trinajstić information content (AvgIpc) is 2.95. The molecule has 0 amide bonds. The van der Waals surface area contributed by atoms with Gasteiger partial charge in [0.05, 0.1) is 25.7 Å². The lowest BCUT2D eigenvalue weighted by atomic mass is 9.71. The molecule has 1 aliphatic rings. The van der Waals surface area contributed by atoms with Gasteiger partial charge in [-0.3, -0.25) is 0 Å². The number of rotatable bonds is 14. The van der Waals surface area contributed by atoms with Gasteiger partial charge in [0.1, 0.15) is 35.2 Å². The molecular formula is C29H33IO8. The molecule has 0 aromatic heterocycles. The van der Waals surface area contributed by atoms with E-state index in [1.165, 1.54) is 0 Å². The number of halogens is 1. The largest absolute Gasteiger partial charge is 0.492 e. The van der Waals surface area contributed by atoms with Crippen molar-refractivity contribution >= 4 is 22.6 Å². The van der Waals surface area contributed by atoms with Crippen molar-refractivity contribution in [2.75, 3.05) is 58.7 Å². The van der Waals surface area contributed by atoms with Crippen molar-refractivity contribution in [3.05, 3.63) is 83.4 Å². The molecular weight excluding hydrogens is 603 g/mol. The van der Waals surface area contributed by atoms with Crippen LogP contribution in [-0.2, 0) is 19.8 Å². The number of hydrogen-bond acceptors (Lipinski definition) is 8. The second kappa shape index (κ2) is 14.0. The first-order valence-electron chi connectivity index (χ1n) is 12.3. The Labute approximate surface area is 236 Å². The van der Waals surface area contributed by atoms with Gasteiger partial charge in [-0.2, -0.15) is 0 Å². The second-order valence-electron chi connectivity index (χ2n) is 8.63. The second-order valence-corrected chi connectivity index (χ2v) is 9.71. The zero-order chi connectivity index (χ0) is 26.8. The van der Waals surface area contributed by atoms with Gasteiger partial charge in [-0.15, -0.1) is 0 Å². The van der Waals surface area contributed by atoms with Crippen LogP contribution >= 0.6 is 22.6 Å². The smallest absolute Gasteiger partial charge is 0.188 e. The molecule has 0 saturated heterocycles. The summed E-state index contributed by atoms with van der Waals surface area (Å²) in [6, 6.07) is 20.6. The lowest BCUT2D eigenvalue weighted by molar-refractivity contribution is 0.00990. The third kappa shape index (κ3) is 6.70. The van der Waals surface area contributed by atoms with Crippen LogP contribution in [-0.4, -0.2) is 63.8 Å². The monoisotopic (exact) mass is 636 g/mol. The fourth-order valence-corrected chi connectivity index (χ4v) is 4.74. The lowest BCUT2D eigenvalue weighted by Crippen LogP contribution is -2.41. The van der Waals surface area contributed by atoms with E-state index < -0.39 is 5.60 Å². The highest BCUT2D eigenvalue weighted by Gasteiger charge is 2.46. The Hall–Kier alpha value is -2.57. The maximum atomic E-state index is 12.5. The highest BCUT2D eigenvalue weighted by atomic mass is 127. The topological polar surface area (TPSA) is 84.8 Å². The van der Waals surface area contributed by atoms with Gasteiger partial charge in [0.25, 0.3) is 0 Å². The predicted octanol–water partition coefficient (Wildman–Crippen LogP) is 4.89. The molecule has 0 radical (unpaired) electrons. The Morgan fingerprint density at radius 1 is 0.816 bits per heavy atom. The van der Waals surface area contributed by atoms with Crippen molar-refractivity contribution in [2.45, 2.75) is 11.5 Å². The first-order valence-corrected chi connectivity index (χ1v) is 13.8. The number of fused-ring (bicyclic) bond motifs is 1. The predicted molar refractivity (Wildman–Crippen MR) is 151 cm³/mol. The zero-order valence-corrected chi connectivity index (χ0v) is 23.7. The van der Waals surface area contributed by atoms with E-state index in [0.717, 1.165) is 15.6 Å². The van der Waals surface area contributed by atoms with Crippen molar-refractivity contribution in [1.82, 2.24) is 0 Å². The van der Waals surface area contributed by atoms with Gasteiger partial charge in [0.15, 0.2) is 13.6 Å². The molecule has 9 heteroatoms. The maximum Gasteiger partial charge on any atom is 0.188 e. The molecule has 0 saturated carbocycles. The zero-order valence-electron chi connectivity index (χ0n) is 21.6. The molecule has 204 valence electrons. The summed E-state index contributed by atoms with van der Waals surface area (Å²) in [6.07, 6.45) is 0. The highest BCUT2D eigenvalue weighted by Crippen LogP contribution is 2.50. The third-order valence-electron chi connectivity index (χ3n) is 6.26. The van der Waals surface area contributed by atoms with Gasteiger partial charge in [-0.1, -0.05) is 46.9 Å². The van der Waals surface area contributed by atoms with Gasteiger partial charge < -0.3 is 38.3 Å². The SMILES string of the molecule is COCOc1ccc(C2COc3cc(OCOC)ccc3C2(O)c2ccc(OCCOCCI)cc2)cc1. The van der Waals surface area contributed by atoms with E-state index in [2.05, 4.69) is 22.6 Å². The van der Waals surface area contributed by atoms with Crippen LogP contribution in [0.4, 0.5) is 0 Å². The molecule has 0 fully saturated rings. The number of benzene rings is 3. The molecule has 4 rings (SSSR count). The quantitative estimate of drug-likeness (QED) is 0.116. The molecule has 1 heterocycles. The van der Waals surface area contributed by atoms with E-state index in [1.54, 1.807) is 20.3 Å². The van der Waals surface area contributed by atoms with Crippen LogP contribution in [0, 0.1) is 0 Å². The Morgan fingerprint density at radius 3 is 2.13 bits per heavy atom. The van der Waals surface area contributed by atoms with Crippen LogP contribution in [0.1, 0.15) is 22.6 Å². The van der Waals surface area contributed by atoms with E-state index in [1.807, 2.05) is 60.7 Å². The minimum atomic E-state index is -1.37. The molecule has 0 aliphatic carbocycles. The molecule has 3 aromatic rings. The Bertz CT molecular complexity index is 1140. The highest BCUT2D eigenvalue weighted by molar-refractivity contribution is 14.1. The van der Waals surface area contributed by atoms with E-state index in [-0.39, 0.29) is 26.1 Å². The van der Waals surface area contributed by atoms with Crippen LogP contribution in [0.2, 0.25) is 0 Å². The molecule has 0 spiro atoms. The summed E-state index contributed by atoms with van der Waals surface area (Å²) in [4.78, 5) is 0. The average molecular weight is 636 g/mol. The van der Waals surface area contributed by atoms with Gasteiger partial charge >= 0.3 is 0 Å². The summed E-state index contributed by atoms with van der Waals surface area (Å²) in [6.45, 7) is 2.24. The molecule has 8 nitrogen and oxygen atoms in total. The Balaban J connectivity index is 1.64. The molecule has 0 bridgehead atoms. The Morgan fingerprint density at radius 2 is 1.45 bits per heavy atom. The Kier molecular flexibility index (Phi) is 10.5. The van der Waals surface area contributed by atoms with E-state index in [4.69, 9.17) is 33.2 Å². The van der Waals surface area contributed by atoms with Gasteiger partial charge in [-0.05, 0) is 47.5 Å².